The van der Waals surface area contributed by atoms with Crippen LogP contribution in [0.4, 0.5) is 10.1 Å². The molecule has 0 aliphatic carbocycles. The molecule has 2 aromatic rings. The van der Waals surface area contributed by atoms with Gasteiger partial charge in [0.2, 0.25) is 5.88 Å². The van der Waals surface area contributed by atoms with E-state index in [0.717, 1.165) is 5.56 Å². The first-order valence-corrected chi connectivity index (χ1v) is 7.67. The van der Waals surface area contributed by atoms with Gasteiger partial charge >= 0.3 is 0 Å². The molecule has 0 aliphatic heterocycles. The predicted octanol–water partition coefficient (Wildman–Crippen LogP) is 3.87. The van der Waals surface area contributed by atoms with E-state index in [4.69, 9.17) is 33.4 Å². The highest BCUT2D eigenvalue weighted by molar-refractivity contribution is 7.80. The summed E-state index contributed by atoms with van der Waals surface area (Å²) >= 11 is 11.0. The molecule has 0 unspecified atom stereocenters. The van der Waals surface area contributed by atoms with Crippen molar-refractivity contribution in [2.24, 2.45) is 0 Å². The summed E-state index contributed by atoms with van der Waals surface area (Å²) in [7, 11) is 3.11. The van der Waals surface area contributed by atoms with Gasteiger partial charge in [-0.25, -0.2) is 9.45 Å². The molecule has 1 aromatic carbocycles. The van der Waals surface area contributed by atoms with Gasteiger partial charge in [0.25, 0.3) is 0 Å². The average Bonchev–Trinajstić information content (AvgIpc) is 2.56. The van der Waals surface area contributed by atoms with Crippen LogP contribution in [0.5, 0.6) is 11.6 Å². The fraction of sp³-hybridized carbons (Fsp3) is 0.267. The lowest BCUT2D eigenvalue weighted by molar-refractivity contribution is -0.0391. The number of hydrogen-bond donors (Lipinski definition) is 1. The minimum Gasteiger partial charge on any atom is -0.434 e. The Morgan fingerprint density at radius 2 is 2.00 bits per heavy atom. The number of nitrogens with zero attached hydrogens (tertiary/aromatic N) is 3. The van der Waals surface area contributed by atoms with Crippen molar-refractivity contribution in [2.45, 2.75) is 13.8 Å². The lowest BCUT2D eigenvalue weighted by Crippen LogP contribution is -2.29. The van der Waals surface area contributed by atoms with Gasteiger partial charge in [-0.15, -0.1) is 10.2 Å². The Kier molecular flexibility index (Phi) is 5.87. The Hall–Kier alpha value is -2.03. The fourth-order valence-corrected chi connectivity index (χ4v) is 2.07. The number of benzene rings is 1. The third-order valence-corrected chi connectivity index (χ3v) is 4.09. The molecule has 0 radical (unpaired) electrons. The number of hydrogen-bond acceptors (Lipinski definition) is 5. The summed E-state index contributed by atoms with van der Waals surface area (Å²) in [6.07, 6.45) is 0. The highest BCUT2D eigenvalue weighted by atomic mass is 35.5. The average molecular weight is 371 g/mol. The van der Waals surface area contributed by atoms with Crippen molar-refractivity contribution in [3.63, 3.8) is 0 Å². The van der Waals surface area contributed by atoms with Crippen molar-refractivity contribution in [3.8, 4) is 11.6 Å². The standard InChI is InChI=1S/C15H16ClFN4O2S/c1-8-9(2)14(20-19-13(8)16)23-12-6-5-10(7-11(12)17)18-15(24)21(3)22-4/h5-7H,1-4H3,(H,18,24). The fourth-order valence-electron chi connectivity index (χ4n) is 1.70. The van der Waals surface area contributed by atoms with Gasteiger partial charge in [0.15, 0.2) is 21.8 Å². The first-order valence-electron chi connectivity index (χ1n) is 6.89. The van der Waals surface area contributed by atoms with Crippen molar-refractivity contribution in [1.82, 2.24) is 15.3 Å². The van der Waals surface area contributed by atoms with E-state index in [-0.39, 0.29) is 16.8 Å². The van der Waals surface area contributed by atoms with Crippen LogP contribution in [-0.2, 0) is 4.84 Å². The number of aromatic nitrogens is 2. The molecule has 0 fully saturated rings. The summed E-state index contributed by atoms with van der Waals surface area (Å²) in [6.45, 7) is 3.56. The van der Waals surface area contributed by atoms with E-state index in [1.165, 1.54) is 24.3 Å². The molecule has 0 saturated carbocycles. The number of nitrogens with one attached hydrogen (secondary N) is 1. The zero-order chi connectivity index (χ0) is 17.9. The number of thiocarbonyl (C=S) groups is 1. The second-order valence-corrected chi connectivity index (χ2v) is 5.65. The highest BCUT2D eigenvalue weighted by Crippen LogP contribution is 2.29. The molecular formula is C15H16ClFN4O2S. The first-order chi connectivity index (χ1) is 11.3. The summed E-state index contributed by atoms with van der Waals surface area (Å²) in [6, 6.07) is 4.36. The van der Waals surface area contributed by atoms with Crippen molar-refractivity contribution < 1.29 is 14.0 Å². The summed E-state index contributed by atoms with van der Waals surface area (Å²) in [4.78, 5) is 4.94. The number of rotatable bonds is 4. The summed E-state index contributed by atoms with van der Waals surface area (Å²) in [5.74, 6) is -0.353. The Labute approximate surface area is 149 Å². The molecular weight excluding hydrogens is 355 g/mol. The third kappa shape index (κ3) is 4.08. The van der Waals surface area contributed by atoms with Crippen LogP contribution in [0.25, 0.3) is 0 Å². The maximum atomic E-state index is 14.3. The lowest BCUT2D eigenvalue weighted by Gasteiger charge is -2.18. The number of ether oxygens (including phenoxy) is 1. The van der Waals surface area contributed by atoms with Crippen LogP contribution < -0.4 is 10.1 Å². The molecule has 0 aliphatic rings. The van der Waals surface area contributed by atoms with Crippen molar-refractivity contribution >= 4 is 34.6 Å². The Morgan fingerprint density at radius 1 is 1.29 bits per heavy atom. The SMILES string of the molecule is CON(C)C(=S)Nc1ccc(Oc2nnc(Cl)c(C)c2C)c(F)c1. The molecule has 1 heterocycles. The summed E-state index contributed by atoms with van der Waals surface area (Å²) < 4.78 is 19.8. The molecule has 24 heavy (non-hydrogen) atoms. The zero-order valence-corrected chi connectivity index (χ0v) is 15.1. The van der Waals surface area contributed by atoms with E-state index in [0.29, 0.717) is 16.4 Å². The van der Waals surface area contributed by atoms with Crippen LogP contribution in [0.15, 0.2) is 18.2 Å². The number of halogens is 2. The molecule has 9 heteroatoms. The first kappa shape index (κ1) is 18.3. The molecule has 0 amide bonds. The summed E-state index contributed by atoms with van der Waals surface area (Å²) in [5, 5.41) is 12.4. The van der Waals surface area contributed by atoms with Gasteiger partial charge in [-0.3, -0.25) is 4.84 Å². The van der Waals surface area contributed by atoms with E-state index in [9.17, 15) is 4.39 Å². The normalized spacial score (nSPS) is 10.4. The molecule has 1 N–H and O–H groups in total. The van der Waals surface area contributed by atoms with Crippen LogP contribution in [0, 0.1) is 19.7 Å². The van der Waals surface area contributed by atoms with Gasteiger partial charge in [0.05, 0.1) is 7.11 Å². The van der Waals surface area contributed by atoms with Crippen LogP contribution >= 0.6 is 23.8 Å². The topological polar surface area (TPSA) is 59.5 Å². The van der Waals surface area contributed by atoms with Crippen molar-refractivity contribution in [1.29, 1.82) is 0 Å². The van der Waals surface area contributed by atoms with E-state index < -0.39 is 5.82 Å². The predicted molar refractivity (Wildman–Crippen MR) is 94.0 cm³/mol. The minimum absolute atomic E-state index is 0.0192. The minimum atomic E-state index is -0.573. The monoisotopic (exact) mass is 370 g/mol. The van der Waals surface area contributed by atoms with E-state index >= 15 is 0 Å². The molecule has 6 nitrogen and oxygen atoms in total. The smallest absolute Gasteiger partial charge is 0.242 e. The largest absolute Gasteiger partial charge is 0.434 e. The van der Waals surface area contributed by atoms with Gasteiger partial charge in [-0.05, 0) is 43.8 Å². The maximum absolute atomic E-state index is 14.3. The number of anilines is 1. The number of hydroxylamine groups is 2. The van der Waals surface area contributed by atoms with E-state index in [1.807, 2.05) is 0 Å². The Morgan fingerprint density at radius 3 is 2.62 bits per heavy atom. The molecule has 0 atom stereocenters. The highest BCUT2D eigenvalue weighted by Gasteiger charge is 2.13. The zero-order valence-electron chi connectivity index (χ0n) is 13.6. The van der Waals surface area contributed by atoms with E-state index in [2.05, 4.69) is 15.5 Å². The van der Waals surface area contributed by atoms with E-state index in [1.54, 1.807) is 27.0 Å². The van der Waals surface area contributed by atoms with Crippen molar-refractivity contribution in [2.75, 3.05) is 19.5 Å². The molecule has 1 aromatic heterocycles. The quantitative estimate of drug-likeness (QED) is 0.647. The molecule has 0 saturated heterocycles. The van der Waals surface area contributed by atoms with Crippen LogP contribution in [0.1, 0.15) is 11.1 Å². The second kappa shape index (κ2) is 7.69. The molecule has 0 spiro atoms. The van der Waals surface area contributed by atoms with Crippen LogP contribution in [0.2, 0.25) is 5.15 Å². The van der Waals surface area contributed by atoms with Gasteiger partial charge in [-0.1, -0.05) is 11.6 Å². The van der Waals surface area contributed by atoms with Crippen LogP contribution in [0.3, 0.4) is 0 Å². The molecule has 128 valence electrons. The van der Waals surface area contributed by atoms with Crippen molar-refractivity contribution in [3.05, 3.63) is 40.3 Å². The van der Waals surface area contributed by atoms with Gasteiger partial charge < -0.3 is 10.1 Å². The Bertz CT molecular complexity index is 775. The van der Waals surface area contributed by atoms with Gasteiger partial charge in [-0.2, -0.15) is 0 Å². The van der Waals surface area contributed by atoms with Gasteiger partial charge in [0, 0.05) is 24.4 Å². The lowest BCUT2D eigenvalue weighted by atomic mass is 10.2. The second-order valence-electron chi connectivity index (χ2n) is 4.90. The molecule has 2 rings (SSSR count). The maximum Gasteiger partial charge on any atom is 0.242 e. The third-order valence-electron chi connectivity index (χ3n) is 3.37. The Balaban J connectivity index is 2.19. The summed E-state index contributed by atoms with van der Waals surface area (Å²) in [5.41, 5.74) is 1.89. The molecule has 0 bridgehead atoms. The van der Waals surface area contributed by atoms with Crippen LogP contribution in [-0.4, -0.2) is 34.5 Å². The van der Waals surface area contributed by atoms with Gasteiger partial charge in [0.1, 0.15) is 0 Å².